The average Bonchev–Trinajstić information content (AvgIpc) is 3.19. The summed E-state index contributed by atoms with van der Waals surface area (Å²) < 4.78 is 5.00. The molecular weight excluding hydrogens is 212 g/mol. The Morgan fingerprint density at radius 1 is 1.24 bits per heavy atom. The van der Waals surface area contributed by atoms with Crippen LogP contribution in [0.15, 0.2) is 24.3 Å². The number of Topliss-reactive ketones (excluding diaryl/α,β-unsaturated/α-hetero) is 1. The van der Waals surface area contributed by atoms with Gasteiger partial charge in [-0.2, -0.15) is 0 Å². The highest BCUT2D eigenvalue weighted by Gasteiger charge is 2.31. The van der Waals surface area contributed by atoms with Crippen molar-refractivity contribution in [2.24, 2.45) is 0 Å². The lowest BCUT2D eigenvalue weighted by Crippen LogP contribution is -2.06. The van der Waals surface area contributed by atoms with Crippen LogP contribution in [0.25, 0.3) is 0 Å². The Hall–Kier alpha value is -1.15. The zero-order chi connectivity index (χ0) is 12.1. The van der Waals surface area contributed by atoms with Crippen LogP contribution < -0.4 is 0 Å². The largest absolute Gasteiger partial charge is 0.364 e. The van der Waals surface area contributed by atoms with Crippen LogP contribution in [0, 0.1) is 0 Å². The number of ether oxygens (including phenoxy) is 1. The lowest BCUT2D eigenvalue weighted by atomic mass is 10.0. The second kappa shape index (κ2) is 5.97. The van der Waals surface area contributed by atoms with E-state index in [9.17, 15) is 4.79 Å². The fourth-order valence-corrected chi connectivity index (χ4v) is 1.98. The van der Waals surface area contributed by atoms with E-state index in [2.05, 4.69) is 19.1 Å². The highest BCUT2D eigenvalue weighted by molar-refractivity contribution is 6.00. The van der Waals surface area contributed by atoms with Crippen molar-refractivity contribution in [2.45, 2.75) is 45.1 Å². The Kier molecular flexibility index (Phi) is 4.32. The molecule has 17 heavy (non-hydrogen) atoms. The van der Waals surface area contributed by atoms with E-state index in [4.69, 9.17) is 4.74 Å². The molecule has 1 atom stereocenters. The standard InChI is InChI=1S/C15H20O2/c1-2-3-4-5-6-12-7-9-13(10-8-12)15(16)14-11-17-14/h7-10,14H,2-6,11H2,1H3. The van der Waals surface area contributed by atoms with E-state index in [0.717, 1.165) is 12.0 Å². The van der Waals surface area contributed by atoms with Crippen molar-refractivity contribution in [1.82, 2.24) is 0 Å². The van der Waals surface area contributed by atoms with Crippen LogP contribution in [0.5, 0.6) is 0 Å². The van der Waals surface area contributed by atoms with Crippen LogP contribution in [0.2, 0.25) is 0 Å². The molecule has 92 valence electrons. The first-order valence-corrected chi connectivity index (χ1v) is 6.56. The molecule has 0 aliphatic carbocycles. The normalized spacial score (nSPS) is 18.1. The van der Waals surface area contributed by atoms with E-state index in [1.807, 2.05) is 12.1 Å². The van der Waals surface area contributed by atoms with Crippen molar-refractivity contribution in [1.29, 1.82) is 0 Å². The predicted molar refractivity (Wildman–Crippen MR) is 68.4 cm³/mol. The molecule has 0 N–H and O–H groups in total. The van der Waals surface area contributed by atoms with E-state index < -0.39 is 0 Å². The third-order valence-electron chi connectivity index (χ3n) is 3.18. The van der Waals surface area contributed by atoms with Gasteiger partial charge in [0.15, 0.2) is 5.78 Å². The van der Waals surface area contributed by atoms with Crippen LogP contribution in [0.4, 0.5) is 0 Å². The second-order valence-corrected chi connectivity index (χ2v) is 4.69. The number of unbranched alkanes of at least 4 members (excludes halogenated alkanes) is 3. The van der Waals surface area contributed by atoms with Gasteiger partial charge in [0, 0.05) is 5.56 Å². The average molecular weight is 232 g/mol. The van der Waals surface area contributed by atoms with Crippen LogP contribution in [0.3, 0.4) is 0 Å². The monoisotopic (exact) mass is 232 g/mol. The van der Waals surface area contributed by atoms with Crippen LogP contribution in [-0.2, 0) is 11.2 Å². The summed E-state index contributed by atoms with van der Waals surface area (Å²) in [7, 11) is 0. The number of benzene rings is 1. The summed E-state index contributed by atoms with van der Waals surface area (Å²) in [4.78, 5) is 11.7. The topological polar surface area (TPSA) is 29.6 Å². The van der Waals surface area contributed by atoms with Gasteiger partial charge in [0.2, 0.25) is 0 Å². The maximum atomic E-state index is 11.7. The number of ketones is 1. The lowest BCUT2D eigenvalue weighted by Gasteiger charge is -2.02. The smallest absolute Gasteiger partial charge is 0.193 e. The minimum absolute atomic E-state index is 0.127. The van der Waals surface area contributed by atoms with Gasteiger partial charge < -0.3 is 4.74 Å². The number of carbonyl (C=O) groups excluding carboxylic acids is 1. The Bertz CT molecular complexity index is 363. The van der Waals surface area contributed by atoms with Gasteiger partial charge in [0.25, 0.3) is 0 Å². The quantitative estimate of drug-likeness (QED) is 0.410. The molecule has 2 heteroatoms. The minimum atomic E-state index is -0.162. The van der Waals surface area contributed by atoms with Crippen molar-refractivity contribution in [3.63, 3.8) is 0 Å². The molecule has 2 rings (SSSR count). The summed E-state index contributed by atoms with van der Waals surface area (Å²) in [6.07, 6.45) is 6.09. The zero-order valence-corrected chi connectivity index (χ0v) is 10.4. The van der Waals surface area contributed by atoms with Crippen molar-refractivity contribution >= 4 is 5.78 Å². The molecular formula is C15H20O2. The fraction of sp³-hybridized carbons (Fsp3) is 0.533. The van der Waals surface area contributed by atoms with Gasteiger partial charge >= 0.3 is 0 Å². The van der Waals surface area contributed by atoms with Gasteiger partial charge in [-0.15, -0.1) is 0 Å². The number of aryl methyl sites for hydroxylation is 1. The number of carbonyl (C=O) groups is 1. The van der Waals surface area contributed by atoms with E-state index >= 15 is 0 Å². The summed E-state index contributed by atoms with van der Waals surface area (Å²) in [5.41, 5.74) is 2.11. The minimum Gasteiger partial charge on any atom is -0.364 e. The molecule has 1 unspecified atom stereocenters. The fourth-order valence-electron chi connectivity index (χ4n) is 1.98. The molecule has 0 aromatic heterocycles. The van der Waals surface area contributed by atoms with E-state index in [1.165, 1.54) is 31.2 Å². The Morgan fingerprint density at radius 2 is 1.94 bits per heavy atom. The lowest BCUT2D eigenvalue weighted by molar-refractivity contribution is 0.0953. The second-order valence-electron chi connectivity index (χ2n) is 4.69. The number of epoxide rings is 1. The van der Waals surface area contributed by atoms with E-state index in [-0.39, 0.29) is 11.9 Å². The maximum absolute atomic E-state index is 11.7. The van der Waals surface area contributed by atoms with Gasteiger partial charge in [0.05, 0.1) is 6.61 Å². The van der Waals surface area contributed by atoms with Gasteiger partial charge in [-0.3, -0.25) is 4.79 Å². The number of hydrogen-bond donors (Lipinski definition) is 0. The Morgan fingerprint density at radius 3 is 2.53 bits per heavy atom. The van der Waals surface area contributed by atoms with E-state index in [1.54, 1.807) is 0 Å². The SMILES string of the molecule is CCCCCCc1ccc(C(=O)C2CO2)cc1. The van der Waals surface area contributed by atoms with Gasteiger partial charge in [-0.1, -0.05) is 50.5 Å². The van der Waals surface area contributed by atoms with E-state index in [0.29, 0.717) is 6.61 Å². The molecule has 1 saturated heterocycles. The van der Waals surface area contributed by atoms with Crippen LogP contribution in [-0.4, -0.2) is 18.5 Å². The van der Waals surface area contributed by atoms with Gasteiger partial charge in [0.1, 0.15) is 6.10 Å². The molecule has 1 fully saturated rings. The first-order valence-electron chi connectivity index (χ1n) is 6.56. The summed E-state index contributed by atoms with van der Waals surface area (Å²) in [5.74, 6) is 0.127. The van der Waals surface area contributed by atoms with Crippen LogP contribution in [0.1, 0.15) is 48.5 Å². The molecule has 1 aromatic carbocycles. The third kappa shape index (κ3) is 3.67. The molecule has 0 radical (unpaired) electrons. The van der Waals surface area contributed by atoms with Gasteiger partial charge in [-0.25, -0.2) is 0 Å². The van der Waals surface area contributed by atoms with Crippen molar-refractivity contribution in [2.75, 3.05) is 6.61 Å². The molecule has 0 bridgehead atoms. The highest BCUT2D eigenvalue weighted by Crippen LogP contribution is 2.17. The molecule has 1 aromatic rings. The molecule has 1 aliphatic rings. The summed E-state index contributed by atoms with van der Waals surface area (Å²) in [5, 5.41) is 0. The molecule has 0 spiro atoms. The predicted octanol–water partition coefficient (Wildman–Crippen LogP) is 3.39. The van der Waals surface area contributed by atoms with Crippen molar-refractivity contribution in [3.05, 3.63) is 35.4 Å². The summed E-state index contributed by atoms with van der Waals surface area (Å²) >= 11 is 0. The highest BCUT2D eigenvalue weighted by atomic mass is 16.6. The zero-order valence-electron chi connectivity index (χ0n) is 10.4. The van der Waals surface area contributed by atoms with Gasteiger partial charge in [-0.05, 0) is 18.4 Å². The molecule has 0 amide bonds. The number of hydrogen-bond acceptors (Lipinski definition) is 2. The number of rotatable bonds is 7. The third-order valence-corrected chi connectivity index (χ3v) is 3.18. The summed E-state index contributed by atoms with van der Waals surface area (Å²) in [6.45, 7) is 2.82. The first-order chi connectivity index (χ1) is 8.31. The Balaban J connectivity index is 1.82. The van der Waals surface area contributed by atoms with Crippen molar-refractivity contribution in [3.8, 4) is 0 Å². The molecule has 1 heterocycles. The first kappa shape index (κ1) is 12.3. The summed E-state index contributed by atoms with van der Waals surface area (Å²) in [6, 6.07) is 8.00. The molecule has 2 nitrogen and oxygen atoms in total. The maximum Gasteiger partial charge on any atom is 0.193 e. The van der Waals surface area contributed by atoms with Crippen LogP contribution >= 0.6 is 0 Å². The van der Waals surface area contributed by atoms with Crippen molar-refractivity contribution < 1.29 is 9.53 Å². The Labute approximate surface area is 103 Å². The molecule has 1 aliphatic heterocycles. The molecule has 0 saturated carbocycles.